The molecule has 3 aliphatic rings. The van der Waals surface area contributed by atoms with E-state index in [2.05, 4.69) is 120 Å². The average Bonchev–Trinajstić information content (AvgIpc) is 3.17. The smallest absolute Gasteiger partial charge is 0.179 e. The quantitative estimate of drug-likeness (QED) is 0.238. The van der Waals surface area contributed by atoms with Crippen molar-refractivity contribution >= 4 is 34.0 Å². The van der Waals surface area contributed by atoms with Gasteiger partial charge in [-0.1, -0.05) is 104 Å². The lowest BCUT2D eigenvalue weighted by Gasteiger charge is -2.44. The van der Waals surface area contributed by atoms with Crippen LogP contribution in [-0.4, -0.2) is 16.1 Å². The van der Waals surface area contributed by atoms with Gasteiger partial charge in [0.15, 0.2) is 11.6 Å². The lowest BCUT2D eigenvalue weighted by molar-refractivity contribution is 0.375. The minimum absolute atomic E-state index is 0.00437. The maximum Gasteiger partial charge on any atom is 0.179 e. The van der Waals surface area contributed by atoms with Gasteiger partial charge < -0.3 is 9.80 Å². The minimum Gasteiger partial charge on any atom is -0.301 e. The van der Waals surface area contributed by atoms with E-state index in [1.165, 1.54) is 28.0 Å². The highest BCUT2D eigenvalue weighted by Crippen LogP contribution is 2.77. The zero-order valence-electron chi connectivity index (χ0n) is 24.4. The van der Waals surface area contributed by atoms with Crippen LogP contribution in [0.2, 0.25) is 0 Å². The van der Waals surface area contributed by atoms with E-state index in [0.29, 0.717) is 0 Å². The Labute approximate surface area is 232 Å². The van der Waals surface area contributed by atoms with Gasteiger partial charge in [0.1, 0.15) is 6.17 Å². The molecule has 0 radical (unpaired) electrons. The van der Waals surface area contributed by atoms with Crippen molar-refractivity contribution in [2.45, 2.75) is 77.8 Å². The Morgan fingerprint density at radius 3 is 1.82 bits per heavy atom. The SMILES string of the molecule is C=C1C2(C)c3cc(C(C)(C)C)ccc3N3c4nc5ccccc5nc4N(c4ccc(C(C)(C)C)cc4)C3C12C. The van der Waals surface area contributed by atoms with Gasteiger partial charge in [0.25, 0.3) is 0 Å². The van der Waals surface area contributed by atoms with Crippen molar-refractivity contribution in [1.29, 1.82) is 0 Å². The molecule has 3 aromatic carbocycles. The maximum atomic E-state index is 5.27. The third kappa shape index (κ3) is 3.00. The van der Waals surface area contributed by atoms with Crippen molar-refractivity contribution in [1.82, 2.24) is 9.97 Å². The van der Waals surface area contributed by atoms with Gasteiger partial charge in [0, 0.05) is 22.2 Å². The zero-order valence-corrected chi connectivity index (χ0v) is 24.4. The molecule has 1 fully saturated rings. The molecule has 2 aliphatic heterocycles. The zero-order chi connectivity index (χ0) is 27.7. The first-order valence-electron chi connectivity index (χ1n) is 14.1. The van der Waals surface area contributed by atoms with Gasteiger partial charge in [0.2, 0.25) is 0 Å². The molecule has 0 bridgehead atoms. The molecule has 3 atom stereocenters. The van der Waals surface area contributed by atoms with Crippen LogP contribution in [0.4, 0.5) is 23.0 Å². The summed E-state index contributed by atoms with van der Waals surface area (Å²) in [6.07, 6.45) is -0.00437. The Morgan fingerprint density at radius 1 is 0.718 bits per heavy atom. The van der Waals surface area contributed by atoms with Crippen molar-refractivity contribution in [3.8, 4) is 0 Å². The Balaban J connectivity index is 1.51. The van der Waals surface area contributed by atoms with Crippen LogP contribution in [0.3, 0.4) is 0 Å². The first-order chi connectivity index (χ1) is 18.3. The molecule has 1 aromatic heterocycles. The van der Waals surface area contributed by atoms with E-state index in [9.17, 15) is 0 Å². The van der Waals surface area contributed by atoms with Crippen LogP contribution in [0, 0.1) is 5.41 Å². The Kier molecular flexibility index (Phi) is 4.56. The van der Waals surface area contributed by atoms with Crippen molar-refractivity contribution in [3.63, 3.8) is 0 Å². The van der Waals surface area contributed by atoms with Gasteiger partial charge in [-0.2, -0.15) is 0 Å². The van der Waals surface area contributed by atoms with E-state index in [0.717, 1.165) is 28.4 Å². The minimum atomic E-state index is -0.173. The van der Waals surface area contributed by atoms with E-state index in [-0.39, 0.29) is 27.8 Å². The third-order valence-electron chi connectivity index (χ3n) is 9.88. The molecule has 4 aromatic rings. The van der Waals surface area contributed by atoms with Crippen molar-refractivity contribution in [2.24, 2.45) is 5.41 Å². The topological polar surface area (TPSA) is 32.3 Å². The summed E-state index contributed by atoms with van der Waals surface area (Å²) in [5, 5.41) is 0. The molecule has 0 amide bonds. The van der Waals surface area contributed by atoms with Crippen molar-refractivity contribution in [3.05, 3.63) is 95.6 Å². The van der Waals surface area contributed by atoms with E-state index < -0.39 is 0 Å². The number of benzene rings is 3. The van der Waals surface area contributed by atoms with Crippen LogP contribution in [0.25, 0.3) is 11.0 Å². The molecular formula is C35H38N4. The van der Waals surface area contributed by atoms with E-state index in [1.54, 1.807) is 0 Å². The molecule has 39 heavy (non-hydrogen) atoms. The average molecular weight is 515 g/mol. The summed E-state index contributed by atoms with van der Waals surface area (Å²) in [6, 6.07) is 24.3. The highest BCUT2D eigenvalue weighted by atomic mass is 15.5. The van der Waals surface area contributed by atoms with E-state index in [1.807, 2.05) is 12.1 Å². The van der Waals surface area contributed by atoms with Crippen LogP contribution >= 0.6 is 0 Å². The predicted molar refractivity (Wildman–Crippen MR) is 162 cm³/mol. The van der Waals surface area contributed by atoms with Gasteiger partial charge >= 0.3 is 0 Å². The maximum absolute atomic E-state index is 5.27. The predicted octanol–water partition coefficient (Wildman–Crippen LogP) is 8.69. The summed E-state index contributed by atoms with van der Waals surface area (Å²) in [5.41, 5.74) is 9.34. The molecule has 198 valence electrons. The summed E-state index contributed by atoms with van der Waals surface area (Å²) in [4.78, 5) is 15.4. The molecule has 1 aliphatic carbocycles. The van der Waals surface area contributed by atoms with Crippen LogP contribution in [-0.2, 0) is 16.2 Å². The largest absolute Gasteiger partial charge is 0.301 e. The summed E-state index contributed by atoms with van der Waals surface area (Å²) >= 11 is 0. The second-order valence-corrected chi connectivity index (χ2v) is 14.1. The summed E-state index contributed by atoms with van der Waals surface area (Å²) in [6.45, 7) is 23.1. The van der Waals surface area contributed by atoms with Gasteiger partial charge in [-0.25, -0.2) is 9.97 Å². The molecule has 3 heterocycles. The number of hydrogen-bond acceptors (Lipinski definition) is 4. The van der Waals surface area contributed by atoms with Gasteiger partial charge in [-0.15, -0.1) is 0 Å². The second-order valence-electron chi connectivity index (χ2n) is 14.1. The van der Waals surface area contributed by atoms with Crippen molar-refractivity contribution in [2.75, 3.05) is 9.80 Å². The summed E-state index contributed by atoms with van der Waals surface area (Å²) in [7, 11) is 0. The number of anilines is 4. The molecule has 0 spiro atoms. The molecule has 1 saturated carbocycles. The van der Waals surface area contributed by atoms with Gasteiger partial charge in [-0.05, 0) is 57.9 Å². The van der Waals surface area contributed by atoms with E-state index in [4.69, 9.17) is 16.5 Å². The van der Waals surface area contributed by atoms with Crippen molar-refractivity contribution < 1.29 is 0 Å². The number of nitrogens with zero attached hydrogens (tertiary/aromatic N) is 4. The van der Waals surface area contributed by atoms with Crippen LogP contribution in [0.1, 0.15) is 72.1 Å². The highest BCUT2D eigenvalue weighted by Gasteiger charge is 2.76. The first-order valence-corrected chi connectivity index (χ1v) is 14.1. The molecule has 4 heteroatoms. The monoisotopic (exact) mass is 514 g/mol. The lowest BCUT2D eigenvalue weighted by Crippen LogP contribution is -2.50. The highest BCUT2D eigenvalue weighted by molar-refractivity contribution is 5.94. The Bertz CT molecular complexity index is 1690. The molecule has 7 rings (SSSR count). The molecule has 3 unspecified atom stereocenters. The fourth-order valence-corrected chi connectivity index (χ4v) is 7.07. The lowest BCUT2D eigenvalue weighted by atomic mass is 9.77. The third-order valence-corrected chi connectivity index (χ3v) is 9.88. The van der Waals surface area contributed by atoms with Crippen LogP contribution in [0.5, 0.6) is 0 Å². The number of para-hydroxylation sites is 2. The van der Waals surface area contributed by atoms with Crippen LogP contribution in [0.15, 0.2) is 78.9 Å². The second kappa shape index (κ2) is 7.29. The van der Waals surface area contributed by atoms with Crippen LogP contribution < -0.4 is 9.80 Å². The van der Waals surface area contributed by atoms with Gasteiger partial charge in [-0.3, -0.25) is 0 Å². The summed E-state index contributed by atoms with van der Waals surface area (Å²) < 4.78 is 0. The molecule has 0 N–H and O–H groups in total. The standard InChI is InChI=1S/C35H38N4/c1-21-34(8)25-20-23(33(5,6)7)16-19-28(25)39-30-29(36-26-12-10-11-13-27(26)37-30)38(31(39)35(21,34)9)24-17-14-22(15-18-24)32(2,3)4/h10-20,31H,1H2,2-9H3. The van der Waals surface area contributed by atoms with E-state index >= 15 is 0 Å². The first kappa shape index (κ1) is 24.4. The Morgan fingerprint density at radius 2 is 1.26 bits per heavy atom. The van der Waals surface area contributed by atoms with Gasteiger partial charge in [0.05, 0.1) is 11.0 Å². The number of fused-ring (bicyclic) bond motifs is 9. The number of aromatic nitrogens is 2. The number of hydrogen-bond donors (Lipinski definition) is 0. The summed E-state index contributed by atoms with van der Waals surface area (Å²) in [5.74, 6) is 1.84. The fraction of sp³-hybridized carbons (Fsp3) is 0.371. The normalized spacial score (nSPS) is 25.3. The Hall–Kier alpha value is -3.66. The number of rotatable bonds is 1. The molecule has 0 saturated heterocycles. The molecule has 4 nitrogen and oxygen atoms in total. The fourth-order valence-electron chi connectivity index (χ4n) is 7.07. The molecular weight excluding hydrogens is 476 g/mol.